The average molecular weight is 489 g/mol. The molecule has 2 heterocycles. The Balaban J connectivity index is 1.63. The highest BCUT2D eigenvalue weighted by Gasteiger charge is 2.17. The van der Waals surface area contributed by atoms with Crippen LogP contribution in [0.3, 0.4) is 0 Å². The van der Waals surface area contributed by atoms with Gasteiger partial charge in [0, 0.05) is 39.0 Å². The first-order valence-electron chi connectivity index (χ1n) is 11.9. The molecule has 0 radical (unpaired) electrons. The molecule has 0 atom stereocenters. The molecular formula is C27H32N6O3. The van der Waals surface area contributed by atoms with Gasteiger partial charge in [-0.1, -0.05) is 50.2 Å². The van der Waals surface area contributed by atoms with E-state index in [1.807, 2.05) is 42.5 Å². The first kappa shape index (κ1) is 25.1. The van der Waals surface area contributed by atoms with Gasteiger partial charge in [-0.15, -0.1) is 0 Å². The molecule has 2 aromatic heterocycles. The van der Waals surface area contributed by atoms with Crippen LogP contribution in [0.2, 0.25) is 0 Å². The summed E-state index contributed by atoms with van der Waals surface area (Å²) in [6, 6.07) is 15.4. The lowest BCUT2D eigenvalue weighted by molar-refractivity contribution is 0.197. The van der Waals surface area contributed by atoms with Crippen molar-refractivity contribution in [3.8, 4) is 11.4 Å². The fourth-order valence-corrected chi connectivity index (χ4v) is 4.16. The number of hydrogen-bond donors (Lipinski definition) is 1. The molecule has 0 unspecified atom stereocenters. The van der Waals surface area contributed by atoms with E-state index in [1.54, 1.807) is 36.5 Å². The third-order valence-corrected chi connectivity index (χ3v) is 6.26. The van der Waals surface area contributed by atoms with Crippen molar-refractivity contribution >= 4 is 22.9 Å². The zero-order chi connectivity index (χ0) is 25.8. The van der Waals surface area contributed by atoms with Gasteiger partial charge in [-0.3, -0.25) is 14.0 Å². The maximum absolute atomic E-state index is 13.1. The van der Waals surface area contributed by atoms with Gasteiger partial charge < -0.3 is 10.1 Å². The van der Waals surface area contributed by atoms with Gasteiger partial charge in [-0.25, -0.2) is 19.6 Å². The van der Waals surface area contributed by atoms with Crippen LogP contribution in [-0.2, 0) is 18.3 Å². The molecule has 0 aliphatic carbocycles. The zero-order valence-electron chi connectivity index (χ0n) is 21.4. The number of benzene rings is 2. The van der Waals surface area contributed by atoms with Gasteiger partial charge >= 0.3 is 11.7 Å². The minimum absolute atomic E-state index is 0.160. The van der Waals surface area contributed by atoms with Crippen LogP contribution in [0.5, 0.6) is 0 Å². The summed E-state index contributed by atoms with van der Waals surface area (Å²) < 4.78 is 8.20. The van der Waals surface area contributed by atoms with E-state index >= 15 is 0 Å². The van der Waals surface area contributed by atoms with Crippen molar-refractivity contribution in [2.24, 2.45) is 7.05 Å². The fraction of sp³-hybridized carbons (Fsp3) is 0.333. The van der Waals surface area contributed by atoms with E-state index in [1.165, 1.54) is 4.90 Å². The number of urea groups is 1. The predicted octanol–water partition coefficient (Wildman–Crippen LogP) is 3.76. The molecule has 0 bridgehead atoms. The van der Waals surface area contributed by atoms with Crippen molar-refractivity contribution < 1.29 is 9.53 Å². The normalized spacial score (nSPS) is 11.3. The maximum Gasteiger partial charge on any atom is 0.330 e. The van der Waals surface area contributed by atoms with Crippen molar-refractivity contribution in [1.82, 2.24) is 24.4 Å². The summed E-state index contributed by atoms with van der Waals surface area (Å²) in [5.74, 6) is 0.916. The minimum Gasteiger partial charge on any atom is -0.383 e. The smallest absolute Gasteiger partial charge is 0.330 e. The zero-order valence-corrected chi connectivity index (χ0v) is 21.4. The van der Waals surface area contributed by atoms with Crippen molar-refractivity contribution in [2.75, 3.05) is 32.2 Å². The molecule has 9 heteroatoms. The summed E-state index contributed by atoms with van der Waals surface area (Å²) >= 11 is 0. The van der Waals surface area contributed by atoms with Crippen molar-refractivity contribution in [1.29, 1.82) is 0 Å². The second-order valence-electron chi connectivity index (χ2n) is 9.02. The monoisotopic (exact) mass is 488 g/mol. The number of rotatable bonds is 8. The summed E-state index contributed by atoms with van der Waals surface area (Å²) in [6.45, 7) is 5.52. The van der Waals surface area contributed by atoms with Crippen molar-refractivity contribution in [3.05, 3.63) is 76.3 Å². The molecule has 0 spiro atoms. The summed E-state index contributed by atoms with van der Waals surface area (Å²) in [7, 11) is 5.03. The molecule has 36 heavy (non-hydrogen) atoms. The van der Waals surface area contributed by atoms with E-state index in [9.17, 15) is 9.59 Å². The number of nitrogens with one attached hydrogen (secondary N) is 1. The number of hydrogen-bond acceptors (Lipinski definition) is 5. The Morgan fingerprint density at radius 3 is 2.56 bits per heavy atom. The number of carbonyl (C=O) groups excluding carboxylic acids is 1. The van der Waals surface area contributed by atoms with E-state index < -0.39 is 0 Å². The highest BCUT2D eigenvalue weighted by atomic mass is 16.5. The highest BCUT2D eigenvalue weighted by molar-refractivity contribution is 5.91. The molecule has 0 aliphatic rings. The van der Waals surface area contributed by atoms with E-state index in [2.05, 4.69) is 30.2 Å². The van der Waals surface area contributed by atoms with Crippen LogP contribution in [0.15, 0.2) is 59.5 Å². The van der Waals surface area contributed by atoms with Gasteiger partial charge in [0.2, 0.25) is 0 Å². The molecule has 9 nitrogen and oxygen atoms in total. The Hall–Kier alpha value is -3.98. The molecular weight excluding hydrogens is 456 g/mol. The molecule has 4 aromatic rings. The third kappa shape index (κ3) is 5.01. The van der Waals surface area contributed by atoms with E-state index in [0.29, 0.717) is 42.6 Å². The molecule has 4 rings (SSSR count). The molecule has 2 aromatic carbocycles. The second kappa shape index (κ2) is 10.7. The summed E-state index contributed by atoms with van der Waals surface area (Å²) in [5, 5.41) is 2.80. The third-order valence-electron chi connectivity index (χ3n) is 6.26. The predicted molar refractivity (Wildman–Crippen MR) is 142 cm³/mol. The summed E-state index contributed by atoms with van der Waals surface area (Å²) in [6.07, 6.45) is 1.72. The number of aromatic nitrogens is 4. The average Bonchev–Trinajstić information content (AvgIpc) is 3.13. The number of aryl methyl sites for hydroxylation is 1. The van der Waals surface area contributed by atoms with Gasteiger partial charge in [0.15, 0.2) is 11.5 Å². The van der Waals surface area contributed by atoms with Crippen LogP contribution in [0.4, 0.5) is 10.5 Å². The van der Waals surface area contributed by atoms with E-state index in [-0.39, 0.29) is 11.7 Å². The molecule has 0 fully saturated rings. The van der Waals surface area contributed by atoms with Crippen LogP contribution in [0.1, 0.15) is 30.9 Å². The highest BCUT2D eigenvalue weighted by Crippen LogP contribution is 2.27. The number of fused-ring (bicyclic) bond motifs is 1. The lowest BCUT2D eigenvalue weighted by Crippen LogP contribution is -2.38. The van der Waals surface area contributed by atoms with Crippen LogP contribution in [0, 0.1) is 0 Å². The molecule has 188 valence electrons. The van der Waals surface area contributed by atoms with E-state index in [4.69, 9.17) is 9.72 Å². The van der Waals surface area contributed by atoms with E-state index in [0.717, 1.165) is 22.4 Å². The molecule has 2 amide bonds. The second-order valence-corrected chi connectivity index (χ2v) is 9.02. The topological polar surface area (TPSA) is 94.3 Å². The van der Waals surface area contributed by atoms with Gasteiger partial charge in [0.05, 0.1) is 19.3 Å². The van der Waals surface area contributed by atoms with Crippen LogP contribution in [0.25, 0.3) is 22.6 Å². The molecule has 0 aliphatic heterocycles. The summed E-state index contributed by atoms with van der Waals surface area (Å²) in [5.41, 5.74) is 4.89. The maximum atomic E-state index is 13.1. The quantitative estimate of drug-likeness (QED) is 0.381. The lowest BCUT2D eigenvalue weighted by Gasteiger charge is -2.18. The number of carbonyl (C=O) groups is 1. The Morgan fingerprint density at radius 1 is 1.14 bits per heavy atom. The summed E-state index contributed by atoms with van der Waals surface area (Å²) in [4.78, 5) is 36.3. The van der Waals surface area contributed by atoms with Gasteiger partial charge in [0.25, 0.3) is 0 Å². The number of nitrogens with zero attached hydrogens (tertiary/aromatic N) is 5. The molecule has 0 saturated heterocycles. The van der Waals surface area contributed by atoms with Crippen molar-refractivity contribution in [2.45, 2.75) is 26.3 Å². The Bertz CT molecular complexity index is 1420. The standard InChI is InChI=1S/C27H32N6O3/c1-18(2)21-8-6-7-9-22(21)24-29-16-23-25(30-24)33(27(35)32(23)4)17-19-10-12-20(13-11-19)31(3)26(34)28-14-15-36-5/h6-13,16,18H,14-15,17H2,1-5H3,(H,28,34). The fourth-order valence-electron chi connectivity index (χ4n) is 4.16. The number of ether oxygens (including phenoxy) is 1. The van der Waals surface area contributed by atoms with Crippen LogP contribution in [-0.4, -0.2) is 52.4 Å². The minimum atomic E-state index is -0.212. The molecule has 0 saturated carbocycles. The number of imidazole rings is 1. The Labute approximate surface area is 210 Å². The van der Waals surface area contributed by atoms with Crippen LogP contribution < -0.4 is 15.9 Å². The van der Waals surface area contributed by atoms with Crippen LogP contribution >= 0.6 is 0 Å². The van der Waals surface area contributed by atoms with Gasteiger partial charge in [0.1, 0.15) is 5.52 Å². The first-order chi connectivity index (χ1) is 17.3. The Morgan fingerprint density at radius 2 is 1.86 bits per heavy atom. The van der Waals surface area contributed by atoms with Crippen molar-refractivity contribution in [3.63, 3.8) is 0 Å². The number of amides is 2. The lowest BCUT2D eigenvalue weighted by atomic mass is 9.97. The molecule has 1 N–H and O–H groups in total. The van der Waals surface area contributed by atoms with Gasteiger partial charge in [-0.05, 0) is 29.2 Å². The number of anilines is 1. The number of methoxy groups -OCH3 is 1. The first-order valence-corrected chi connectivity index (χ1v) is 11.9. The Kier molecular flexibility index (Phi) is 7.49. The largest absolute Gasteiger partial charge is 0.383 e. The van der Waals surface area contributed by atoms with Gasteiger partial charge in [-0.2, -0.15) is 0 Å². The SMILES string of the molecule is COCCNC(=O)N(C)c1ccc(Cn2c(=O)n(C)c3cnc(-c4ccccc4C(C)C)nc32)cc1.